The van der Waals surface area contributed by atoms with Crippen LogP contribution in [0.4, 0.5) is 10.1 Å². The van der Waals surface area contributed by atoms with Crippen molar-refractivity contribution in [1.82, 2.24) is 19.3 Å². The third-order valence-electron chi connectivity index (χ3n) is 4.81. The lowest BCUT2D eigenvalue weighted by Gasteiger charge is -2.11. The third-order valence-corrected chi connectivity index (χ3v) is 5.06. The van der Waals surface area contributed by atoms with Gasteiger partial charge in [0.2, 0.25) is 5.62 Å². The monoisotopic (exact) mass is 501 g/mol. The summed E-state index contributed by atoms with van der Waals surface area (Å²) in [5.74, 6) is -0.852. The first kappa shape index (κ1) is 24.0. The second-order valence-corrected chi connectivity index (χ2v) is 8.32. The number of nitrogens with one attached hydrogen (secondary N) is 1. The Bertz CT molecular complexity index is 1540. The number of rotatable bonds is 7. The van der Waals surface area contributed by atoms with Gasteiger partial charge >= 0.3 is 11.4 Å². The number of benzene rings is 2. The Morgan fingerprint density at radius 1 is 1.14 bits per heavy atom. The molecule has 12 heteroatoms. The molecule has 2 aromatic carbocycles. The average molecular weight is 502 g/mol. The lowest BCUT2D eigenvalue weighted by Crippen LogP contribution is -2.50. The number of aromatic amines is 1. The van der Waals surface area contributed by atoms with Gasteiger partial charge in [-0.1, -0.05) is 23.7 Å². The normalized spacial score (nSPS) is 11.9. The van der Waals surface area contributed by atoms with Gasteiger partial charge in [0.1, 0.15) is 0 Å². The Kier molecular flexibility index (Phi) is 6.87. The summed E-state index contributed by atoms with van der Waals surface area (Å²) in [5.41, 5.74) is -0.716. The number of H-pyrrole nitrogens is 1. The summed E-state index contributed by atoms with van der Waals surface area (Å²) < 4.78 is 26.9. The second kappa shape index (κ2) is 10.0. The van der Waals surface area contributed by atoms with E-state index in [0.717, 1.165) is 10.6 Å². The van der Waals surface area contributed by atoms with Crippen molar-refractivity contribution in [2.24, 2.45) is 4.99 Å². The smallest absolute Gasteiger partial charge is 0.335 e. The van der Waals surface area contributed by atoms with E-state index in [0.29, 0.717) is 10.6 Å². The van der Waals surface area contributed by atoms with Crippen molar-refractivity contribution in [3.63, 3.8) is 0 Å². The maximum atomic E-state index is 14.5. The van der Waals surface area contributed by atoms with Crippen LogP contribution in [0.15, 0.2) is 67.6 Å². The summed E-state index contributed by atoms with van der Waals surface area (Å²) in [5, 5.41) is 13.3. The summed E-state index contributed by atoms with van der Waals surface area (Å²) >= 11 is 5.96. The molecule has 0 aliphatic rings. The molecule has 0 bridgehead atoms. The Hall–Kier alpha value is -4.12. The van der Waals surface area contributed by atoms with Gasteiger partial charge in [-0.05, 0) is 48.8 Å². The van der Waals surface area contributed by atoms with Crippen molar-refractivity contribution >= 4 is 17.3 Å². The van der Waals surface area contributed by atoms with Gasteiger partial charge < -0.3 is 14.4 Å². The number of hydrogen-bond donors (Lipinski definition) is 2. The van der Waals surface area contributed by atoms with Crippen LogP contribution in [0.25, 0.3) is 0 Å². The molecule has 4 rings (SSSR count). The minimum atomic E-state index is -0.780. The van der Waals surface area contributed by atoms with Crippen LogP contribution in [-0.2, 0) is 13.1 Å². The van der Waals surface area contributed by atoms with Crippen LogP contribution in [-0.4, -0.2) is 30.5 Å². The fourth-order valence-corrected chi connectivity index (χ4v) is 3.39. The molecule has 0 aliphatic heterocycles. The van der Waals surface area contributed by atoms with Crippen LogP contribution < -0.4 is 21.7 Å². The first-order valence-corrected chi connectivity index (χ1v) is 10.9. The highest BCUT2D eigenvalue weighted by Gasteiger charge is 2.14. The van der Waals surface area contributed by atoms with Crippen LogP contribution >= 0.6 is 11.6 Å². The molecule has 2 N–H and O–H groups in total. The van der Waals surface area contributed by atoms with E-state index in [2.05, 4.69) is 15.1 Å². The van der Waals surface area contributed by atoms with Gasteiger partial charge in [-0.15, -0.1) is 0 Å². The molecule has 0 atom stereocenters. The molecule has 0 fully saturated rings. The van der Waals surface area contributed by atoms with E-state index >= 15 is 0 Å². The Morgan fingerprint density at radius 2 is 1.89 bits per heavy atom. The van der Waals surface area contributed by atoms with Crippen molar-refractivity contribution in [3.05, 3.63) is 97.3 Å². The molecule has 0 aliphatic carbocycles. The number of hydrogen-bond acceptors (Lipinski definition) is 7. The van der Waals surface area contributed by atoms with E-state index in [1.807, 2.05) is 0 Å². The zero-order chi connectivity index (χ0) is 25.1. The number of halogens is 2. The van der Waals surface area contributed by atoms with Gasteiger partial charge in [0.15, 0.2) is 17.3 Å². The Balaban J connectivity index is 1.83. The van der Waals surface area contributed by atoms with Crippen LogP contribution in [0.1, 0.15) is 25.2 Å². The highest BCUT2D eigenvalue weighted by Crippen LogP contribution is 2.23. The van der Waals surface area contributed by atoms with Gasteiger partial charge in [0, 0.05) is 17.2 Å². The molecule has 182 valence electrons. The lowest BCUT2D eigenvalue weighted by atomic mass is 10.2. The third kappa shape index (κ3) is 5.69. The number of nitrogens with zero attached hydrogens (tertiary/aromatic N) is 4. The Morgan fingerprint density at radius 3 is 2.51 bits per heavy atom. The Labute approximate surface area is 202 Å². The highest BCUT2D eigenvalue weighted by atomic mass is 35.5. The predicted molar refractivity (Wildman–Crippen MR) is 125 cm³/mol. The van der Waals surface area contributed by atoms with E-state index in [-0.39, 0.29) is 47.9 Å². The number of ether oxygens (including phenoxy) is 1. The van der Waals surface area contributed by atoms with Crippen LogP contribution in [0, 0.1) is 5.82 Å². The molecule has 10 nitrogen and oxygen atoms in total. The fourth-order valence-electron chi connectivity index (χ4n) is 3.26. The summed E-state index contributed by atoms with van der Waals surface area (Å²) in [6.07, 6.45) is -0.218. The molecule has 2 aromatic heterocycles. The second-order valence-electron chi connectivity index (χ2n) is 7.88. The zero-order valence-corrected chi connectivity index (χ0v) is 19.5. The van der Waals surface area contributed by atoms with E-state index in [4.69, 9.17) is 20.9 Å². The summed E-state index contributed by atoms with van der Waals surface area (Å²) in [7, 11) is 0. The zero-order valence-electron chi connectivity index (χ0n) is 18.7. The van der Waals surface area contributed by atoms with Crippen LogP contribution in [0.5, 0.6) is 11.6 Å². The molecule has 35 heavy (non-hydrogen) atoms. The fraction of sp³-hybridized carbons (Fsp3) is 0.217. The molecular weight excluding hydrogens is 481 g/mol. The first-order chi connectivity index (χ1) is 16.7. The predicted octanol–water partition coefficient (Wildman–Crippen LogP) is 2.94. The van der Waals surface area contributed by atoms with Crippen LogP contribution in [0.3, 0.4) is 0 Å². The molecule has 0 spiro atoms. The molecule has 2 heterocycles. The quantitative estimate of drug-likeness (QED) is 0.401. The van der Waals surface area contributed by atoms with Gasteiger partial charge in [-0.3, -0.25) is 9.55 Å². The maximum absolute atomic E-state index is 14.5. The molecule has 0 amide bonds. The summed E-state index contributed by atoms with van der Waals surface area (Å²) in [4.78, 5) is 32.9. The molecule has 0 radical (unpaired) electrons. The van der Waals surface area contributed by atoms with E-state index in [1.165, 1.54) is 22.8 Å². The molecule has 0 unspecified atom stereocenters. The number of aromatic nitrogens is 4. The standard InChI is InChI=1S/C23H21ClFN5O5/c1-13(2)34-19-8-7-16(9-18(19)25)26-21-27-22(32)30(12-17-10-20(31)28-35-17)23(33)29(21)11-14-3-5-15(24)6-4-14/h3-10,13H,11-12H2,1-2H3,(H,28,31)(H,26,27,32). The van der Waals surface area contributed by atoms with Crippen molar-refractivity contribution < 1.29 is 18.8 Å². The topological polar surface area (TPSA) is 128 Å². The largest absolute Gasteiger partial charge is 0.491 e. The lowest BCUT2D eigenvalue weighted by molar-refractivity contribution is 0.231. The van der Waals surface area contributed by atoms with Crippen molar-refractivity contribution in [2.45, 2.75) is 33.0 Å². The minimum Gasteiger partial charge on any atom is -0.491 e. The van der Waals surface area contributed by atoms with Gasteiger partial charge in [0.25, 0.3) is 5.88 Å². The number of aromatic hydroxyl groups is 1. The minimum absolute atomic E-state index is 0.0320. The average Bonchev–Trinajstić information content (AvgIpc) is 3.21. The molecule has 0 saturated carbocycles. The molecule has 0 saturated heterocycles. The maximum Gasteiger partial charge on any atom is 0.335 e. The SMILES string of the molecule is CC(C)Oc1ccc(/N=c2\[nH]c(=O)n(Cc3cc(O)no3)c(=O)n2Cc2ccc(Cl)cc2)cc1F. The van der Waals surface area contributed by atoms with Gasteiger partial charge in [0.05, 0.1) is 24.9 Å². The van der Waals surface area contributed by atoms with Crippen molar-refractivity contribution in [2.75, 3.05) is 0 Å². The van der Waals surface area contributed by atoms with E-state index in [1.54, 1.807) is 38.1 Å². The van der Waals surface area contributed by atoms with Crippen molar-refractivity contribution in [1.29, 1.82) is 0 Å². The van der Waals surface area contributed by atoms with Gasteiger partial charge in [-0.2, -0.15) is 0 Å². The summed E-state index contributed by atoms with van der Waals surface area (Å²) in [6.45, 7) is 3.30. The summed E-state index contributed by atoms with van der Waals surface area (Å²) in [6, 6.07) is 12.0. The van der Waals surface area contributed by atoms with Gasteiger partial charge in [-0.25, -0.2) is 23.5 Å². The van der Waals surface area contributed by atoms with E-state index < -0.39 is 17.2 Å². The molecule has 4 aromatic rings. The highest BCUT2D eigenvalue weighted by molar-refractivity contribution is 6.30. The van der Waals surface area contributed by atoms with Crippen molar-refractivity contribution in [3.8, 4) is 11.6 Å². The van der Waals surface area contributed by atoms with E-state index in [9.17, 15) is 19.1 Å². The first-order valence-electron chi connectivity index (χ1n) is 10.5. The molecular formula is C23H21ClFN5O5. The van der Waals surface area contributed by atoms with Crippen LogP contribution in [0.2, 0.25) is 5.02 Å².